The average Bonchev–Trinajstić information content (AvgIpc) is 3.24. The summed E-state index contributed by atoms with van der Waals surface area (Å²) in [5, 5.41) is 0. The van der Waals surface area contributed by atoms with Crippen LogP contribution in [0.3, 0.4) is 0 Å². The zero-order chi connectivity index (χ0) is 20.0. The number of ether oxygens (including phenoxy) is 4. The lowest BCUT2D eigenvalue weighted by Gasteiger charge is -2.41. The number of carbonyl (C=O) groups excluding carboxylic acids is 1. The van der Waals surface area contributed by atoms with Crippen LogP contribution in [0, 0.1) is 0 Å². The number of rotatable bonds is 4. The van der Waals surface area contributed by atoms with Gasteiger partial charge in [0.15, 0.2) is 5.79 Å². The van der Waals surface area contributed by atoms with E-state index < -0.39 is 5.79 Å². The molecule has 3 aliphatic heterocycles. The van der Waals surface area contributed by atoms with Crippen LogP contribution in [-0.4, -0.2) is 54.3 Å². The van der Waals surface area contributed by atoms with Gasteiger partial charge in [-0.15, -0.1) is 0 Å². The van der Waals surface area contributed by atoms with Crippen LogP contribution in [-0.2, 0) is 18.9 Å². The maximum atomic E-state index is 12.3. The molecule has 0 unspecified atom stereocenters. The molecule has 0 aliphatic carbocycles. The Morgan fingerprint density at radius 2 is 1.62 bits per heavy atom. The van der Waals surface area contributed by atoms with Gasteiger partial charge in [0.2, 0.25) is 0 Å². The normalized spacial score (nSPS) is 30.2. The predicted molar refractivity (Wildman–Crippen MR) is 105 cm³/mol. The van der Waals surface area contributed by atoms with E-state index in [1.54, 1.807) is 4.90 Å². The summed E-state index contributed by atoms with van der Waals surface area (Å²) in [7, 11) is 0. The van der Waals surface area contributed by atoms with Gasteiger partial charge in [-0.2, -0.15) is 0 Å². The van der Waals surface area contributed by atoms with Crippen molar-refractivity contribution in [2.24, 2.45) is 0 Å². The number of cyclic esters (lactones) is 1. The molecule has 3 fully saturated rings. The first-order chi connectivity index (χ1) is 14.0. The van der Waals surface area contributed by atoms with Crippen LogP contribution in [0.2, 0.25) is 0 Å². The van der Waals surface area contributed by atoms with Gasteiger partial charge >= 0.3 is 6.09 Å². The Hall–Kier alpha value is -2.41. The lowest BCUT2D eigenvalue weighted by molar-refractivity contribution is -0.166. The number of fused-ring (bicyclic) bond motifs is 2. The van der Waals surface area contributed by atoms with Crippen molar-refractivity contribution in [3.63, 3.8) is 0 Å². The highest BCUT2D eigenvalue weighted by molar-refractivity contribution is 5.70. The predicted octanol–water partition coefficient (Wildman–Crippen LogP) is 3.52. The fourth-order valence-electron chi connectivity index (χ4n) is 4.57. The Morgan fingerprint density at radius 3 is 2.24 bits per heavy atom. The third-order valence-electron chi connectivity index (χ3n) is 5.81. The second-order valence-electron chi connectivity index (χ2n) is 8.24. The molecule has 29 heavy (non-hydrogen) atoms. The van der Waals surface area contributed by atoms with Gasteiger partial charge in [0, 0.05) is 0 Å². The topological polar surface area (TPSA) is 57.2 Å². The van der Waals surface area contributed by atoms with Crippen molar-refractivity contribution < 1.29 is 23.7 Å². The number of piperidine rings is 1. The molecular formula is C23H25NO5. The van der Waals surface area contributed by atoms with Crippen molar-refractivity contribution in [3.05, 3.63) is 71.8 Å². The van der Waals surface area contributed by atoms with Crippen molar-refractivity contribution in [1.82, 2.24) is 4.90 Å². The van der Waals surface area contributed by atoms with Crippen LogP contribution in [0.5, 0.6) is 0 Å². The molecule has 0 aromatic heterocycles. The highest BCUT2D eigenvalue weighted by Crippen LogP contribution is 2.41. The number of nitrogens with zero attached hydrogens (tertiary/aromatic N) is 1. The minimum Gasteiger partial charge on any atom is -0.447 e. The third kappa shape index (κ3) is 3.41. The van der Waals surface area contributed by atoms with Crippen molar-refractivity contribution in [2.75, 3.05) is 13.2 Å². The number of amides is 1. The van der Waals surface area contributed by atoms with E-state index in [2.05, 4.69) is 24.3 Å². The van der Waals surface area contributed by atoms with Crippen LogP contribution in [0.1, 0.15) is 31.1 Å². The van der Waals surface area contributed by atoms with E-state index in [0.29, 0.717) is 13.2 Å². The van der Waals surface area contributed by atoms with Crippen LogP contribution in [0.4, 0.5) is 4.79 Å². The smallest absolute Gasteiger partial charge is 0.410 e. The van der Waals surface area contributed by atoms with Gasteiger partial charge in [-0.25, -0.2) is 4.79 Å². The monoisotopic (exact) mass is 395 g/mol. The van der Waals surface area contributed by atoms with E-state index in [-0.39, 0.29) is 36.6 Å². The van der Waals surface area contributed by atoms with Crippen LogP contribution >= 0.6 is 0 Å². The Morgan fingerprint density at radius 1 is 1.00 bits per heavy atom. The first-order valence-electron chi connectivity index (χ1n) is 10.1. The third-order valence-corrected chi connectivity index (χ3v) is 5.81. The van der Waals surface area contributed by atoms with E-state index in [1.807, 2.05) is 50.2 Å². The highest BCUT2D eigenvalue weighted by Gasteiger charge is 2.57. The van der Waals surface area contributed by atoms with Gasteiger partial charge in [0.25, 0.3) is 0 Å². The summed E-state index contributed by atoms with van der Waals surface area (Å²) in [6, 6.07) is 20.0. The number of carbonyl (C=O) groups is 1. The molecule has 6 nitrogen and oxygen atoms in total. The maximum Gasteiger partial charge on any atom is 0.410 e. The molecule has 2 aromatic rings. The van der Waals surface area contributed by atoms with E-state index in [4.69, 9.17) is 18.9 Å². The zero-order valence-corrected chi connectivity index (χ0v) is 16.6. The number of hydrogen-bond donors (Lipinski definition) is 0. The minimum atomic E-state index is -0.713. The van der Waals surface area contributed by atoms with Gasteiger partial charge in [-0.05, 0) is 25.0 Å². The Bertz CT molecular complexity index is 832. The van der Waals surface area contributed by atoms with Crippen LogP contribution in [0.25, 0.3) is 0 Å². The fourth-order valence-corrected chi connectivity index (χ4v) is 4.57. The molecule has 1 amide bonds. The molecule has 0 saturated carbocycles. The van der Waals surface area contributed by atoms with Gasteiger partial charge in [-0.1, -0.05) is 60.7 Å². The molecule has 5 rings (SSSR count). The summed E-state index contributed by atoms with van der Waals surface area (Å²) < 4.78 is 24.4. The molecule has 0 spiro atoms. The summed E-state index contributed by atoms with van der Waals surface area (Å²) in [6.45, 7) is 4.56. The van der Waals surface area contributed by atoms with E-state index in [0.717, 1.165) is 11.1 Å². The molecule has 0 N–H and O–H groups in total. The molecule has 2 aromatic carbocycles. The van der Waals surface area contributed by atoms with Crippen LogP contribution < -0.4 is 0 Å². The molecule has 0 radical (unpaired) electrons. The molecule has 3 aliphatic rings. The number of benzene rings is 2. The first-order valence-corrected chi connectivity index (χ1v) is 10.1. The van der Waals surface area contributed by atoms with Crippen molar-refractivity contribution in [2.45, 2.75) is 50.1 Å². The second-order valence-corrected chi connectivity index (χ2v) is 8.24. The first kappa shape index (κ1) is 18.6. The summed E-state index contributed by atoms with van der Waals surface area (Å²) in [5.74, 6) is -0.713. The summed E-state index contributed by atoms with van der Waals surface area (Å²) >= 11 is 0. The highest BCUT2D eigenvalue weighted by atomic mass is 16.8. The quantitative estimate of drug-likeness (QED) is 0.793. The van der Waals surface area contributed by atoms with Gasteiger partial charge in [0.1, 0.15) is 31.0 Å². The van der Waals surface area contributed by atoms with Gasteiger partial charge in [0.05, 0.1) is 12.6 Å². The Balaban J connectivity index is 1.51. The summed E-state index contributed by atoms with van der Waals surface area (Å²) in [4.78, 5) is 14.0. The van der Waals surface area contributed by atoms with Crippen LogP contribution in [0.15, 0.2) is 60.7 Å². The molecule has 3 saturated heterocycles. The maximum absolute atomic E-state index is 12.3. The second kappa shape index (κ2) is 7.13. The fraction of sp³-hybridized carbons (Fsp3) is 0.435. The van der Waals surface area contributed by atoms with Crippen molar-refractivity contribution in [1.29, 1.82) is 0 Å². The molecule has 152 valence electrons. The molecule has 4 atom stereocenters. The van der Waals surface area contributed by atoms with Gasteiger partial charge in [-0.3, -0.25) is 4.90 Å². The lowest BCUT2D eigenvalue weighted by atomic mass is 9.93. The van der Waals surface area contributed by atoms with E-state index in [1.165, 1.54) is 0 Å². The van der Waals surface area contributed by atoms with Crippen molar-refractivity contribution >= 4 is 6.09 Å². The Kier molecular flexibility index (Phi) is 4.57. The molecule has 6 heteroatoms. The van der Waals surface area contributed by atoms with E-state index in [9.17, 15) is 4.79 Å². The summed E-state index contributed by atoms with van der Waals surface area (Å²) in [5.41, 5.74) is 2.10. The summed E-state index contributed by atoms with van der Waals surface area (Å²) in [6.07, 6.45) is -1.48. The van der Waals surface area contributed by atoms with Crippen molar-refractivity contribution in [3.8, 4) is 0 Å². The SMILES string of the molecule is CC1(C)O[C@H]2[C@H](OC(c3ccccc3)c3ccccc3)[C@H]3COC(=O)N3C[C@H]2O1. The largest absolute Gasteiger partial charge is 0.447 e. The molecular weight excluding hydrogens is 370 g/mol. The lowest BCUT2D eigenvalue weighted by Crippen LogP contribution is -2.60. The average molecular weight is 395 g/mol. The molecule has 0 bridgehead atoms. The van der Waals surface area contributed by atoms with Gasteiger partial charge < -0.3 is 18.9 Å². The zero-order valence-electron chi connectivity index (χ0n) is 16.6. The Labute approximate surface area is 170 Å². The standard InChI is InChI=1S/C23H25NO5/c1-23(2)28-18-13-24-17(14-26-22(24)25)20(21(18)29-23)27-19(15-9-5-3-6-10-15)16-11-7-4-8-12-16/h3-12,17-21H,13-14H2,1-2H3/t17-,18-,20-,21-/m1/s1. The minimum absolute atomic E-state index is 0.198. The number of hydrogen-bond acceptors (Lipinski definition) is 5. The molecule has 3 heterocycles. The van der Waals surface area contributed by atoms with E-state index >= 15 is 0 Å².